The lowest BCUT2D eigenvalue weighted by atomic mass is 10.0. The molecule has 0 saturated heterocycles. The van der Waals surface area contributed by atoms with Gasteiger partial charge in [-0.25, -0.2) is 4.79 Å². The van der Waals surface area contributed by atoms with Crippen molar-refractivity contribution in [3.05, 3.63) is 0 Å². The minimum Gasteiger partial charge on any atom is -0.480 e. The van der Waals surface area contributed by atoms with Crippen molar-refractivity contribution in [1.82, 2.24) is 16.0 Å². The Morgan fingerprint density at radius 2 is 1.67 bits per heavy atom. The third kappa shape index (κ3) is 11.8. The fourth-order valence-corrected chi connectivity index (χ4v) is 2.38. The zero-order chi connectivity index (χ0) is 23.3. The first-order chi connectivity index (χ1) is 14.0. The molecule has 30 heavy (non-hydrogen) atoms. The van der Waals surface area contributed by atoms with Gasteiger partial charge in [0.05, 0.1) is 19.2 Å². The van der Waals surface area contributed by atoms with E-state index in [4.69, 9.17) is 22.3 Å². The number of aliphatic imine (C=N–C) groups is 1. The Kier molecular flexibility index (Phi) is 12.7. The number of carbonyl (C=O) groups excluding carboxylic acids is 3. The summed E-state index contributed by atoms with van der Waals surface area (Å²) >= 11 is 0. The number of guanidine groups is 1. The van der Waals surface area contributed by atoms with Crippen LogP contribution in [0.5, 0.6) is 0 Å². The molecular weight excluding hydrogens is 398 g/mol. The first kappa shape index (κ1) is 27.1. The number of hydrogen-bond acceptors (Lipinski definition) is 7. The van der Waals surface area contributed by atoms with Crippen molar-refractivity contribution < 1.29 is 29.4 Å². The van der Waals surface area contributed by atoms with Crippen LogP contribution in [0.15, 0.2) is 4.99 Å². The van der Waals surface area contributed by atoms with Crippen LogP contribution in [0.1, 0.15) is 33.1 Å². The maximum atomic E-state index is 12.1. The fraction of sp³-hybridized carbons (Fsp3) is 0.706. The van der Waals surface area contributed by atoms with Crippen molar-refractivity contribution in [1.29, 1.82) is 0 Å². The third-order valence-electron chi connectivity index (χ3n) is 3.88. The number of nitrogens with zero attached hydrogens (tertiary/aromatic N) is 1. The summed E-state index contributed by atoms with van der Waals surface area (Å²) in [6, 6.07) is -3.32. The molecule has 0 aliphatic carbocycles. The van der Waals surface area contributed by atoms with Gasteiger partial charge >= 0.3 is 5.97 Å². The van der Waals surface area contributed by atoms with Crippen molar-refractivity contribution in [3.63, 3.8) is 0 Å². The highest BCUT2D eigenvalue weighted by atomic mass is 16.4. The van der Waals surface area contributed by atoms with Gasteiger partial charge in [0.25, 0.3) is 0 Å². The van der Waals surface area contributed by atoms with Crippen LogP contribution < -0.4 is 33.2 Å². The van der Waals surface area contributed by atoms with Crippen molar-refractivity contribution in [2.75, 3.05) is 19.7 Å². The molecule has 0 aliphatic heterocycles. The Balaban J connectivity index is 4.55. The Bertz CT molecular complexity index is 622. The first-order valence-electron chi connectivity index (χ1n) is 9.50. The first-order valence-corrected chi connectivity index (χ1v) is 9.50. The molecule has 13 heteroatoms. The fourth-order valence-electron chi connectivity index (χ4n) is 2.38. The molecule has 0 aromatic heterocycles. The van der Waals surface area contributed by atoms with Crippen LogP contribution in [0.25, 0.3) is 0 Å². The molecule has 0 rings (SSSR count). The van der Waals surface area contributed by atoms with Crippen molar-refractivity contribution in [3.8, 4) is 0 Å². The summed E-state index contributed by atoms with van der Waals surface area (Å²) in [7, 11) is 0. The molecule has 0 saturated carbocycles. The van der Waals surface area contributed by atoms with E-state index < -0.39 is 55.0 Å². The van der Waals surface area contributed by atoms with Gasteiger partial charge in [-0.3, -0.25) is 19.4 Å². The Morgan fingerprint density at radius 1 is 1.03 bits per heavy atom. The maximum absolute atomic E-state index is 12.1. The van der Waals surface area contributed by atoms with E-state index in [1.54, 1.807) is 0 Å². The number of nitrogens with one attached hydrogen (secondary N) is 3. The molecule has 0 radical (unpaired) electrons. The van der Waals surface area contributed by atoms with Gasteiger partial charge in [-0.2, -0.15) is 0 Å². The summed E-state index contributed by atoms with van der Waals surface area (Å²) in [4.78, 5) is 51.0. The topological polar surface area (TPSA) is 235 Å². The Hall–Kier alpha value is -2.93. The lowest BCUT2D eigenvalue weighted by Gasteiger charge is -2.20. The van der Waals surface area contributed by atoms with Gasteiger partial charge in [0.1, 0.15) is 12.1 Å². The number of nitrogens with two attached hydrogens (primary N) is 3. The molecule has 0 aromatic carbocycles. The van der Waals surface area contributed by atoms with Crippen LogP contribution in [0.2, 0.25) is 0 Å². The van der Waals surface area contributed by atoms with E-state index in [0.717, 1.165) is 0 Å². The number of aliphatic carboxylic acids is 1. The summed E-state index contributed by atoms with van der Waals surface area (Å²) in [5.41, 5.74) is 16.1. The molecule has 0 unspecified atom stereocenters. The summed E-state index contributed by atoms with van der Waals surface area (Å²) in [6.45, 7) is 2.73. The minimum absolute atomic E-state index is 0.0782. The van der Waals surface area contributed by atoms with E-state index in [-0.39, 0.29) is 24.8 Å². The highest BCUT2D eigenvalue weighted by molar-refractivity contribution is 5.92. The molecule has 0 fully saturated rings. The quantitative estimate of drug-likeness (QED) is 0.0775. The zero-order valence-corrected chi connectivity index (χ0v) is 17.3. The summed E-state index contributed by atoms with van der Waals surface area (Å²) < 4.78 is 0. The van der Waals surface area contributed by atoms with Crippen LogP contribution in [0, 0.1) is 5.92 Å². The monoisotopic (exact) mass is 431 g/mol. The van der Waals surface area contributed by atoms with Gasteiger partial charge < -0.3 is 43.4 Å². The number of carbonyl (C=O) groups is 4. The van der Waals surface area contributed by atoms with Crippen molar-refractivity contribution >= 4 is 29.7 Å². The summed E-state index contributed by atoms with van der Waals surface area (Å²) in [5, 5.41) is 25.3. The van der Waals surface area contributed by atoms with Gasteiger partial charge in [-0.05, 0) is 25.2 Å². The molecule has 172 valence electrons. The normalized spacial score (nSPS) is 13.6. The third-order valence-corrected chi connectivity index (χ3v) is 3.88. The van der Waals surface area contributed by atoms with E-state index in [9.17, 15) is 24.3 Å². The van der Waals surface area contributed by atoms with E-state index in [1.807, 2.05) is 13.8 Å². The van der Waals surface area contributed by atoms with Crippen LogP contribution in [-0.2, 0) is 19.2 Å². The molecule has 11 N–H and O–H groups in total. The number of aliphatic hydroxyl groups is 1. The van der Waals surface area contributed by atoms with Gasteiger partial charge in [0.15, 0.2) is 5.96 Å². The van der Waals surface area contributed by atoms with Crippen molar-refractivity contribution in [2.24, 2.45) is 28.1 Å². The van der Waals surface area contributed by atoms with Crippen LogP contribution >= 0.6 is 0 Å². The Morgan fingerprint density at radius 3 is 2.17 bits per heavy atom. The Labute approximate surface area is 174 Å². The number of aliphatic hydroxyl groups excluding tert-OH is 1. The van der Waals surface area contributed by atoms with Gasteiger partial charge in [-0.1, -0.05) is 13.8 Å². The zero-order valence-electron chi connectivity index (χ0n) is 17.3. The largest absolute Gasteiger partial charge is 0.480 e. The second-order valence-electron chi connectivity index (χ2n) is 7.10. The molecule has 0 spiro atoms. The highest BCUT2D eigenvalue weighted by Gasteiger charge is 2.25. The van der Waals surface area contributed by atoms with E-state index in [0.29, 0.717) is 12.8 Å². The number of carboxylic acid groups (broad SMARTS) is 1. The summed E-state index contributed by atoms with van der Waals surface area (Å²) in [5.74, 6) is -3.37. The number of rotatable bonds is 14. The molecule has 0 aromatic rings. The highest BCUT2D eigenvalue weighted by Crippen LogP contribution is 2.03. The molecule has 0 bridgehead atoms. The lowest BCUT2D eigenvalue weighted by Crippen LogP contribution is -2.55. The molecule has 3 atom stereocenters. The number of carboxylic acids is 1. The van der Waals surface area contributed by atoms with E-state index in [1.165, 1.54) is 0 Å². The number of amides is 3. The summed E-state index contributed by atoms with van der Waals surface area (Å²) in [6.07, 6.45) is 0.791. The second kappa shape index (κ2) is 14.1. The number of hydrogen-bond donors (Lipinski definition) is 8. The van der Waals surface area contributed by atoms with Gasteiger partial charge in [0, 0.05) is 6.54 Å². The molecule has 0 heterocycles. The standard InChI is InChI=1S/C17H33N7O6/c1-9(2)6-10(18)14(27)24-12(8-25)15(28)22-7-13(26)23-11(16(29)30)4-3-5-21-17(19)20/h9-12,25H,3-8,18H2,1-2H3,(H,22,28)(H,23,26)(H,24,27)(H,29,30)(H4,19,20,21)/t10-,11-,12-/m0/s1. The average Bonchev–Trinajstić information content (AvgIpc) is 2.65. The van der Waals surface area contributed by atoms with Gasteiger partial charge in [-0.15, -0.1) is 0 Å². The van der Waals surface area contributed by atoms with E-state index in [2.05, 4.69) is 20.9 Å². The van der Waals surface area contributed by atoms with Crippen LogP contribution in [0.4, 0.5) is 0 Å². The second-order valence-corrected chi connectivity index (χ2v) is 7.10. The van der Waals surface area contributed by atoms with Gasteiger partial charge in [0.2, 0.25) is 17.7 Å². The predicted molar refractivity (Wildman–Crippen MR) is 109 cm³/mol. The smallest absolute Gasteiger partial charge is 0.326 e. The molecule has 13 nitrogen and oxygen atoms in total. The van der Waals surface area contributed by atoms with E-state index >= 15 is 0 Å². The molecule has 3 amide bonds. The average molecular weight is 431 g/mol. The molecular formula is C17H33N7O6. The van der Waals surface area contributed by atoms with Crippen molar-refractivity contribution in [2.45, 2.75) is 51.2 Å². The predicted octanol–water partition coefficient (Wildman–Crippen LogP) is -3.42. The molecule has 0 aliphatic rings. The lowest BCUT2D eigenvalue weighted by molar-refractivity contribution is -0.142. The van der Waals surface area contributed by atoms with Crippen LogP contribution in [-0.4, -0.2) is 77.7 Å². The van der Waals surface area contributed by atoms with Crippen LogP contribution in [0.3, 0.4) is 0 Å². The maximum Gasteiger partial charge on any atom is 0.326 e. The SMILES string of the molecule is CC(C)C[C@H](N)C(=O)N[C@@H](CO)C(=O)NCC(=O)N[C@@H](CCCN=C(N)N)C(=O)O. The minimum atomic E-state index is -1.29.